The summed E-state index contributed by atoms with van der Waals surface area (Å²) >= 11 is 0. The van der Waals surface area contributed by atoms with E-state index in [0.717, 1.165) is 55.9 Å². The number of ether oxygens (including phenoxy) is 1. The van der Waals surface area contributed by atoms with Gasteiger partial charge in [0.25, 0.3) is 0 Å². The van der Waals surface area contributed by atoms with Crippen LogP contribution in [0.2, 0.25) is 0 Å². The number of aryl methyl sites for hydroxylation is 3. The van der Waals surface area contributed by atoms with Gasteiger partial charge in [0.1, 0.15) is 5.52 Å². The molecular formula is C13H21N5O. The van der Waals surface area contributed by atoms with E-state index in [1.165, 1.54) is 0 Å². The summed E-state index contributed by atoms with van der Waals surface area (Å²) in [6.45, 7) is 4.75. The third kappa shape index (κ3) is 2.10. The zero-order valence-corrected chi connectivity index (χ0v) is 11.6. The molecule has 3 heterocycles. The van der Waals surface area contributed by atoms with Crippen LogP contribution >= 0.6 is 0 Å². The maximum atomic E-state index is 6.05. The maximum Gasteiger partial charge on any atom is 0.202 e. The number of nitrogen functional groups attached to an aromatic ring is 1. The summed E-state index contributed by atoms with van der Waals surface area (Å²) in [5.41, 5.74) is 9.06. The van der Waals surface area contributed by atoms with Crippen LogP contribution in [0.1, 0.15) is 25.5 Å². The zero-order valence-electron chi connectivity index (χ0n) is 11.6. The van der Waals surface area contributed by atoms with E-state index in [0.29, 0.717) is 11.9 Å². The van der Waals surface area contributed by atoms with Crippen molar-refractivity contribution < 1.29 is 4.74 Å². The van der Waals surface area contributed by atoms with E-state index in [9.17, 15) is 0 Å². The Morgan fingerprint density at radius 2 is 2.32 bits per heavy atom. The molecule has 104 valence electrons. The fraction of sp³-hybridized carbons (Fsp3) is 0.692. The van der Waals surface area contributed by atoms with Crippen molar-refractivity contribution in [2.45, 2.75) is 32.7 Å². The van der Waals surface area contributed by atoms with E-state index >= 15 is 0 Å². The fourth-order valence-electron chi connectivity index (χ4n) is 2.84. The molecule has 1 aliphatic heterocycles. The van der Waals surface area contributed by atoms with Gasteiger partial charge in [0.15, 0.2) is 5.65 Å². The number of hydrogen-bond donors (Lipinski definition) is 1. The van der Waals surface area contributed by atoms with Crippen molar-refractivity contribution in [1.29, 1.82) is 0 Å². The Labute approximate surface area is 112 Å². The lowest BCUT2D eigenvalue weighted by atomic mass is 10.1. The van der Waals surface area contributed by atoms with Crippen molar-refractivity contribution in [3.63, 3.8) is 0 Å². The Morgan fingerprint density at radius 1 is 1.47 bits per heavy atom. The molecule has 2 N–H and O–H groups in total. The Morgan fingerprint density at radius 3 is 3.00 bits per heavy atom. The first-order valence-corrected chi connectivity index (χ1v) is 6.96. The molecule has 19 heavy (non-hydrogen) atoms. The Balaban J connectivity index is 1.89. The van der Waals surface area contributed by atoms with E-state index in [-0.39, 0.29) is 0 Å². The molecule has 2 aromatic heterocycles. The molecule has 1 aliphatic rings. The minimum Gasteiger partial charge on any atom is -0.381 e. The second-order valence-electron chi connectivity index (χ2n) is 5.24. The molecule has 0 spiro atoms. The molecular weight excluding hydrogens is 242 g/mol. The van der Waals surface area contributed by atoms with Gasteiger partial charge in [0.05, 0.1) is 5.69 Å². The Hall–Kier alpha value is -1.56. The van der Waals surface area contributed by atoms with Crippen LogP contribution in [-0.4, -0.2) is 32.5 Å². The number of aromatic nitrogens is 4. The largest absolute Gasteiger partial charge is 0.381 e. The number of anilines is 1. The Bertz CT molecular complexity index is 579. The lowest BCUT2D eigenvalue weighted by molar-refractivity contribution is 0.183. The first-order chi connectivity index (χ1) is 9.20. The first kappa shape index (κ1) is 12.5. The van der Waals surface area contributed by atoms with Crippen LogP contribution in [-0.2, 0) is 24.8 Å². The lowest BCUT2D eigenvalue weighted by Crippen LogP contribution is -2.10. The highest BCUT2D eigenvalue weighted by molar-refractivity contribution is 5.77. The van der Waals surface area contributed by atoms with Crippen LogP contribution in [0.4, 0.5) is 5.95 Å². The molecule has 1 saturated heterocycles. The van der Waals surface area contributed by atoms with Gasteiger partial charge in [-0.05, 0) is 25.2 Å². The molecule has 1 unspecified atom stereocenters. The Kier molecular flexibility index (Phi) is 3.18. The first-order valence-electron chi connectivity index (χ1n) is 6.96. The predicted octanol–water partition coefficient (Wildman–Crippen LogP) is 1.34. The van der Waals surface area contributed by atoms with Gasteiger partial charge in [-0.3, -0.25) is 9.25 Å². The molecule has 0 amide bonds. The minimum atomic E-state index is 0.594. The van der Waals surface area contributed by atoms with Crippen molar-refractivity contribution in [3.05, 3.63) is 5.69 Å². The maximum absolute atomic E-state index is 6.05. The van der Waals surface area contributed by atoms with E-state index in [2.05, 4.69) is 21.6 Å². The molecule has 0 saturated carbocycles. The second kappa shape index (κ2) is 4.85. The number of fused-ring (bicyclic) bond motifs is 1. The second-order valence-corrected chi connectivity index (χ2v) is 5.24. The van der Waals surface area contributed by atoms with Gasteiger partial charge in [0.2, 0.25) is 5.95 Å². The number of imidazole rings is 1. The lowest BCUT2D eigenvalue weighted by Gasteiger charge is -2.10. The molecule has 0 bridgehead atoms. The van der Waals surface area contributed by atoms with Gasteiger partial charge >= 0.3 is 0 Å². The third-order valence-corrected chi connectivity index (χ3v) is 3.94. The molecule has 6 heteroatoms. The van der Waals surface area contributed by atoms with Crippen LogP contribution in [0.5, 0.6) is 0 Å². The smallest absolute Gasteiger partial charge is 0.202 e. The number of rotatable bonds is 4. The molecule has 0 aromatic carbocycles. The van der Waals surface area contributed by atoms with Crippen molar-refractivity contribution >= 4 is 17.1 Å². The fourth-order valence-corrected chi connectivity index (χ4v) is 2.84. The normalized spacial score (nSPS) is 19.6. The van der Waals surface area contributed by atoms with E-state index in [1.807, 2.05) is 11.7 Å². The highest BCUT2D eigenvalue weighted by Gasteiger charge is 2.20. The summed E-state index contributed by atoms with van der Waals surface area (Å²) in [4.78, 5) is 4.48. The number of nitrogens with zero attached hydrogens (tertiary/aromatic N) is 4. The summed E-state index contributed by atoms with van der Waals surface area (Å²) in [7, 11) is 1.96. The highest BCUT2D eigenvalue weighted by atomic mass is 16.5. The average Bonchev–Trinajstić information content (AvgIpc) is 3.06. The highest BCUT2D eigenvalue weighted by Crippen LogP contribution is 2.24. The average molecular weight is 263 g/mol. The van der Waals surface area contributed by atoms with Gasteiger partial charge in [-0.25, -0.2) is 4.98 Å². The number of hydrogen-bond acceptors (Lipinski definition) is 4. The molecule has 1 fully saturated rings. The SMILES string of the molecule is CCc1nn(C)c2c1nc(N)n2CCC1CCOC1. The van der Waals surface area contributed by atoms with Crippen molar-refractivity contribution in [3.8, 4) is 0 Å². The summed E-state index contributed by atoms with van der Waals surface area (Å²) in [6, 6.07) is 0. The van der Waals surface area contributed by atoms with Crippen molar-refractivity contribution in [2.75, 3.05) is 18.9 Å². The van der Waals surface area contributed by atoms with Crippen molar-refractivity contribution in [2.24, 2.45) is 13.0 Å². The van der Waals surface area contributed by atoms with Gasteiger partial charge in [-0.1, -0.05) is 6.92 Å². The summed E-state index contributed by atoms with van der Waals surface area (Å²) in [5.74, 6) is 1.24. The molecule has 6 nitrogen and oxygen atoms in total. The standard InChI is InChI=1S/C13H21N5O/c1-3-10-11-12(17(2)16-10)18(13(14)15-11)6-4-9-5-7-19-8-9/h9H,3-8H2,1-2H3,(H2,14,15). The molecule has 3 rings (SSSR count). The monoisotopic (exact) mass is 263 g/mol. The van der Waals surface area contributed by atoms with Gasteiger partial charge in [-0.2, -0.15) is 5.10 Å². The van der Waals surface area contributed by atoms with E-state index in [4.69, 9.17) is 10.5 Å². The number of nitrogens with two attached hydrogens (primary N) is 1. The third-order valence-electron chi connectivity index (χ3n) is 3.94. The van der Waals surface area contributed by atoms with Crippen molar-refractivity contribution in [1.82, 2.24) is 19.3 Å². The topological polar surface area (TPSA) is 70.9 Å². The van der Waals surface area contributed by atoms with E-state index in [1.54, 1.807) is 0 Å². The quantitative estimate of drug-likeness (QED) is 0.903. The summed E-state index contributed by atoms with van der Waals surface area (Å²) in [6.07, 6.45) is 3.12. The zero-order chi connectivity index (χ0) is 13.4. The van der Waals surface area contributed by atoms with Crippen LogP contribution in [0.15, 0.2) is 0 Å². The van der Waals surface area contributed by atoms with Gasteiger partial charge in [-0.15, -0.1) is 0 Å². The van der Waals surface area contributed by atoms with Crippen LogP contribution in [0, 0.1) is 5.92 Å². The van der Waals surface area contributed by atoms with Gasteiger partial charge in [0, 0.05) is 26.8 Å². The van der Waals surface area contributed by atoms with Crippen LogP contribution < -0.4 is 5.73 Å². The molecule has 0 radical (unpaired) electrons. The van der Waals surface area contributed by atoms with Gasteiger partial charge < -0.3 is 10.5 Å². The van der Waals surface area contributed by atoms with E-state index < -0.39 is 0 Å². The van der Waals surface area contributed by atoms with Crippen LogP contribution in [0.25, 0.3) is 11.2 Å². The summed E-state index contributed by atoms with van der Waals surface area (Å²) < 4.78 is 9.39. The minimum absolute atomic E-state index is 0.594. The molecule has 0 aliphatic carbocycles. The van der Waals surface area contributed by atoms with Crippen LogP contribution in [0.3, 0.4) is 0 Å². The predicted molar refractivity (Wildman–Crippen MR) is 73.8 cm³/mol. The molecule has 1 atom stereocenters. The molecule has 2 aromatic rings. The summed E-state index contributed by atoms with van der Waals surface area (Å²) in [5, 5.41) is 4.50.